The predicted molar refractivity (Wildman–Crippen MR) is 40.2 cm³/mol. The number of hydrogen-bond acceptors (Lipinski definition) is 4. The third kappa shape index (κ3) is 2.22. The van der Waals surface area contributed by atoms with Gasteiger partial charge in [0.1, 0.15) is 0 Å². The lowest BCUT2D eigenvalue weighted by atomic mass is 10.3. The molecule has 0 saturated carbocycles. The summed E-state index contributed by atoms with van der Waals surface area (Å²) in [5.41, 5.74) is -0.450. The van der Waals surface area contributed by atoms with Crippen LogP contribution in [-0.2, 0) is 0 Å². The Morgan fingerprint density at radius 1 is 1.46 bits per heavy atom. The fourth-order valence-electron chi connectivity index (χ4n) is 0.781. The maximum absolute atomic E-state index is 11.7. The van der Waals surface area contributed by atoms with E-state index in [1.54, 1.807) is 0 Å². The number of benzene rings is 1. The smallest absolute Gasteiger partial charge is 0.394 e. The first-order chi connectivity index (χ1) is 6.11. The molecule has 0 unspecified atom stereocenters. The monoisotopic (exact) mass is 185 g/mol. The Morgan fingerprint density at radius 2 is 2.08 bits per heavy atom. The van der Waals surface area contributed by atoms with E-state index in [2.05, 4.69) is 4.74 Å². The molecule has 0 radical (unpaired) electrons. The minimum absolute atomic E-state index is 0.403. The molecule has 0 amide bonds. The first-order valence-electron chi connectivity index (χ1n) is 3.22. The van der Waals surface area contributed by atoms with Crippen LogP contribution in [0, 0.1) is 10.1 Å². The van der Waals surface area contributed by atoms with Gasteiger partial charge in [0.25, 0.3) is 0 Å². The van der Waals surface area contributed by atoms with Crippen LogP contribution in [0.1, 0.15) is 0 Å². The van der Waals surface area contributed by atoms with Crippen LogP contribution < -0.4 is 4.74 Å². The molecule has 5 nitrogen and oxygen atoms in total. The van der Waals surface area contributed by atoms with Crippen molar-refractivity contribution >= 4 is 11.9 Å². The molecule has 6 heteroatoms. The van der Waals surface area contributed by atoms with E-state index < -0.39 is 22.6 Å². The maximum Gasteiger partial charge on any atom is 0.501 e. The number of para-hydroxylation sites is 2. The molecule has 0 spiro atoms. The van der Waals surface area contributed by atoms with Gasteiger partial charge < -0.3 is 4.74 Å². The molecule has 1 rings (SSSR count). The van der Waals surface area contributed by atoms with Crippen LogP contribution in [-0.4, -0.2) is 11.1 Å². The number of nitro benzene ring substituents is 1. The Kier molecular flexibility index (Phi) is 2.53. The molecule has 68 valence electrons. The molecule has 0 fully saturated rings. The summed E-state index contributed by atoms with van der Waals surface area (Å²) in [4.78, 5) is 19.4. The standard InChI is InChI=1S/C7H4FNO4/c8-7(10)13-6-4-2-1-3-5(6)9(11)12/h1-4H. The highest BCUT2D eigenvalue weighted by Crippen LogP contribution is 2.25. The van der Waals surface area contributed by atoms with Crippen molar-refractivity contribution < 1.29 is 18.8 Å². The Bertz CT molecular complexity index is 352. The van der Waals surface area contributed by atoms with Gasteiger partial charge in [0.05, 0.1) is 4.92 Å². The lowest BCUT2D eigenvalue weighted by molar-refractivity contribution is -0.385. The van der Waals surface area contributed by atoms with Crippen molar-refractivity contribution in [3.05, 3.63) is 34.4 Å². The van der Waals surface area contributed by atoms with Gasteiger partial charge in [-0.2, -0.15) is 0 Å². The number of carbonyl (C=O) groups excluding carboxylic acids is 1. The second-order valence-electron chi connectivity index (χ2n) is 2.06. The molecular formula is C7H4FNO4. The number of hydrogen-bond donors (Lipinski definition) is 0. The van der Waals surface area contributed by atoms with E-state index in [4.69, 9.17) is 0 Å². The molecule has 0 aromatic heterocycles. The molecule has 13 heavy (non-hydrogen) atoms. The fourth-order valence-corrected chi connectivity index (χ4v) is 0.781. The van der Waals surface area contributed by atoms with Crippen LogP contribution in [0.15, 0.2) is 24.3 Å². The van der Waals surface area contributed by atoms with Crippen LogP contribution in [0.25, 0.3) is 0 Å². The van der Waals surface area contributed by atoms with Gasteiger partial charge in [-0.15, -0.1) is 4.39 Å². The number of rotatable bonds is 2. The molecule has 0 heterocycles. The zero-order valence-corrected chi connectivity index (χ0v) is 6.27. The highest BCUT2D eigenvalue weighted by atomic mass is 19.1. The number of carbonyl (C=O) groups is 1. The summed E-state index contributed by atoms with van der Waals surface area (Å²) in [6.45, 7) is 0. The average molecular weight is 185 g/mol. The molecule has 0 N–H and O–H groups in total. The zero-order chi connectivity index (χ0) is 9.84. The summed E-state index contributed by atoms with van der Waals surface area (Å²) < 4.78 is 15.7. The van der Waals surface area contributed by atoms with E-state index in [1.807, 2.05) is 0 Å². The van der Waals surface area contributed by atoms with E-state index in [0.29, 0.717) is 0 Å². The van der Waals surface area contributed by atoms with Gasteiger partial charge in [-0.3, -0.25) is 10.1 Å². The van der Waals surface area contributed by atoms with Gasteiger partial charge in [0.15, 0.2) is 0 Å². The Morgan fingerprint density at radius 3 is 2.62 bits per heavy atom. The van der Waals surface area contributed by atoms with Crippen LogP contribution in [0.2, 0.25) is 0 Å². The second kappa shape index (κ2) is 3.61. The van der Waals surface area contributed by atoms with Crippen LogP contribution >= 0.6 is 0 Å². The third-order valence-electron chi connectivity index (χ3n) is 1.25. The highest BCUT2D eigenvalue weighted by Gasteiger charge is 2.16. The first kappa shape index (κ1) is 9.11. The largest absolute Gasteiger partial charge is 0.501 e. The molecular weight excluding hydrogens is 181 g/mol. The quantitative estimate of drug-likeness (QED) is 0.401. The summed E-state index contributed by atoms with van der Waals surface area (Å²) in [6, 6.07) is 5.02. The zero-order valence-electron chi connectivity index (χ0n) is 6.27. The maximum atomic E-state index is 11.7. The summed E-state index contributed by atoms with van der Waals surface area (Å²) in [5, 5.41) is 10.3. The summed E-state index contributed by atoms with van der Waals surface area (Å²) in [5.74, 6) is -0.403. The minimum atomic E-state index is -2.07. The molecule has 1 aromatic rings. The lowest BCUT2D eigenvalue weighted by Crippen LogP contribution is -2.00. The normalized spacial score (nSPS) is 9.31. The van der Waals surface area contributed by atoms with E-state index >= 15 is 0 Å². The van der Waals surface area contributed by atoms with Crippen LogP contribution in [0.3, 0.4) is 0 Å². The van der Waals surface area contributed by atoms with Crippen molar-refractivity contribution in [1.29, 1.82) is 0 Å². The van der Waals surface area contributed by atoms with E-state index in [-0.39, 0.29) is 0 Å². The van der Waals surface area contributed by atoms with Crippen molar-refractivity contribution in [2.24, 2.45) is 0 Å². The van der Waals surface area contributed by atoms with E-state index in [9.17, 15) is 19.3 Å². The van der Waals surface area contributed by atoms with Crippen molar-refractivity contribution in [2.45, 2.75) is 0 Å². The van der Waals surface area contributed by atoms with Gasteiger partial charge in [-0.1, -0.05) is 12.1 Å². The van der Waals surface area contributed by atoms with Gasteiger partial charge >= 0.3 is 11.9 Å². The number of nitrogens with zero attached hydrogens (tertiary/aromatic N) is 1. The minimum Gasteiger partial charge on any atom is -0.394 e. The van der Waals surface area contributed by atoms with Crippen LogP contribution in [0.4, 0.5) is 14.9 Å². The third-order valence-corrected chi connectivity index (χ3v) is 1.25. The molecule has 0 atom stereocenters. The van der Waals surface area contributed by atoms with Gasteiger partial charge in [-0.05, 0) is 6.07 Å². The molecule has 1 aromatic carbocycles. The van der Waals surface area contributed by atoms with Crippen molar-refractivity contribution in [3.8, 4) is 5.75 Å². The second-order valence-corrected chi connectivity index (χ2v) is 2.06. The molecule has 0 aliphatic heterocycles. The van der Waals surface area contributed by atoms with Crippen LogP contribution in [0.5, 0.6) is 5.75 Å². The number of ether oxygens (including phenoxy) is 1. The van der Waals surface area contributed by atoms with E-state index in [0.717, 1.165) is 12.1 Å². The summed E-state index contributed by atoms with van der Waals surface area (Å²) in [7, 11) is 0. The predicted octanol–water partition coefficient (Wildman–Crippen LogP) is 2.06. The Balaban J connectivity index is 3.04. The number of nitro groups is 1. The molecule has 0 aliphatic rings. The lowest BCUT2D eigenvalue weighted by Gasteiger charge is -1.98. The summed E-state index contributed by atoms with van der Waals surface area (Å²) in [6.07, 6.45) is -2.07. The van der Waals surface area contributed by atoms with Gasteiger partial charge in [-0.25, -0.2) is 4.79 Å². The van der Waals surface area contributed by atoms with Crippen molar-refractivity contribution in [1.82, 2.24) is 0 Å². The molecule has 0 saturated heterocycles. The van der Waals surface area contributed by atoms with Gasteiger partial charge in [0, 0.05) is 6.07 Å². The van der Waals surface area contributed by atoms with Crippen molar-refractivity contribution in [2.75, 3.05) is 0 Å². The van der Waals surface area contributed by atoms with Crippen molar-refractivity contribution in [3.63, 3.8) is 0 Å². The Hall–Kier alpha value is -1.98. The van der Waals surface area contributed by atoms with E-state index in [1.165, 1.54) is 12.1 Å². The number of halogens is 1. The summed E-state index contributed by atoms with van der Waals surface area (Å²) >= 11 is 0. The highest BCUT2D eigenvalue weighted by molar-refractivity contribution is 5.64. The molecule has 0 aliphatic carbocycles. The topological polar surface area (TPSA) is 69.4 Å². The SMILES string of the molecule is O=C(F)Oc1ccccc1[N+](=O)[O-]. The van der Waals surface area contributed by atoms with Gasteiger partial charge in [0.2, 0.25) is 5.75 Å². The first-order valence-corrected chi connectivity index (χ1v) is 3.22. The molecule has 0 bridgehead atoms. The average Bonchev–Trinajstić information content (AvgIpc) is 2.03. The fraction of sp³-hybridized carbons (Fsp3) is 0. The Labute approximate surface area is 71.9 Å².